The summed E-state index contributed by atoms with van der Waals surface area (Å²) in [5.74, 6) is 4.20. The zero-order valence-electron chi connectivity index (χ0n) is 22.7. The second-order valence-corrected chi connectivity index (χ2v) is 14.1. The molecule has 0 aromatic heterocycles. The van der Waals surface area contributed by atoms with Gasteiger partial charge in [0.25, 0.3) is 0 Å². The number of aliphatic hydroxyl groups is 1. The molecule has 5 rings (SSSR count). The topological polar surface area (TPSA) is 59.1 Å². The largest absolute Gasteiger partial charge is 0.462 e. The monoisotopic (exact) mass is 474 g/mol. The summed E-state index contributed by atoms with van der Waals surface area (Å²) in [5.41, 5.74) is -1.00. The molecule has 4 nitrogen and oxygen atoms in total. The molecule has 4 saturated carbocycles. The van der Waals surface area contributed by atoms with Gasteiger partial charge in [-0.1, -0.05) is 53.9 Å². The van der Waals surface area contributed by atoms with E-state index in [-0.39, 0.29) is 17.5 Å². The number of hydrogen-bond acceptors (Lipinski definition) is 4. The van der Waals surface area contributed by atoms with E-state index in [1.165, 1.54) is 51.9 Å². The zero-order valence-corrected chi connectivity index (χ0v) is 22.7. The number of fused-ring (bicyclic) bond motifs is 6. The molecule has 1 N–H and O–H groups in total. The molecular formula is C30H50O4. The van der Waals surface area contributed by atoms with Gasteiger partial charge < -0.3 is 14.6 Å². The van der Waals surface area contributed by atoms with Crippen LogP contribution in [0.2, 0.25) is 0 Å². The van der Waals surface area contributed by atoms with Crippen LogP contribution >= 0.6 is 0 Å². The number of carbonyl (C=O) groups is 1. The van der Waals surface area contributed by atoms with Crippen LogP contribution in [0, 0.1) is 46.3 Å². The second kappa shape index (κ2) is 8.47. The Morgan fingerprint density at radius 1 is 1.03 bits per heavy atom. The fraction of sp³-hybridized carbons (Fsp3) is 0.967. The van der Waals surface area contributed by atoms with E-state index in [9.17, 15) is 9.90 Å². The summed E-state index contributed by atoms with van der Waals surface area (Å²) in [4.78, 5) is 11.7. The summed E-state index contributed by atoms with van der Waals surface area (Å²) in [6.45, 7) is 14.4. The van der Waals surface area contributed by atoms with Gasteiger partial charge >= 0.3 is 5.97 Å². The lowest BCUT2D eigenvalue weighted by Gasteiger charge is -2.66. The first-order valence-corrected chi connectivity index (χ1v) is 14.5. The van der Waals surface area contributed by atoms with E-state index in [0.29, 0.717) is 30.3 Å². The standard InChI is InChI=1S/C30H50O4/c1-19(2)8-7-9-20(3)24-10-11-25-23-17-29(18-33-29)30(32)16-22(34-21(4)31)12-15-28(30,6)26(23)13-14-27(24,25)5/h19-20,22-26,32H,7-18H2,1-6H3/t20-,22+,23+,24-,25+,26+,27-,28-,29+,30-/m1/s1. The van der Waals surface area contributed by atoms with Crippen molar-refractivity contribution in [3.05, 3.63) is 0 Å². The highest BCUT2D eigenvalue weighted by Gasteiger charge is 2.77. The maximum Gasteiger partial charge on any atom is 0.302 e. The molecule has 0 radical (unpaired) electrons. The molecule has 1 spiro atoms. The molecule has 5 aliphatic rings. The lowest BCUT2D eigenvalue weighted by atomic mass is 9.40. The van der Waals surface area contributed by atoms with Crippen LogP contribution in [0.3, 0.4) is 0 Å². The van der Waals surface area contributed by atoms with Gasteiger partial charge in [-0.25, -0.2) is 0 Å². The van der Waals surface area contributed by atoms with E-state index in [0.717, 1.165) is 42.9 Å². The number of carbonyl (C=O) groups excluding carboxylic acids is 1. The van der Waals surface area contributed by atoms with Crippen LogP contribution in [0.4, 0.5) is 0 Å². The number of esters is 1. The third-order valence-corrected chi connectivity index (χ3v) is 12.1. The van der Waals surface area contributed by atoms with Crippen LogP contribution in [-0.4, -0.2) is 35.0 Å². The van der Waals surface area contributed by atoms with E-state index >= 15 is 0 Å². The average molecular weight is 475 g/mol. The minimum atomic E-state index is -0.880. The summed E-state index contributed by atoms with van der Waals surface area (Å²) in [7, 11) is 0. The maximum atomic E-state index is 12.3. The van der Waals surface area contributed by atoms with Gasteiger partial charge in [0.15, 0.2) is 0 Å². The quantitative estimate of drug-likeness (QED) is 0.351. The van der Waals surface area contributed by atoms with Gasteiger partial charge in [0.1, 0.15) is 17.3 Å². The van der Waals surface area contributed by atoms with Crippen molar-refractivity contribution in [2.24, 2.45) is 46.3 Å². The van der Waals surface area contributed by atoms with Gasteiger partial charge in [0.05, 0.1) is 6.61 Å². The maximum absolute atomic E-state index is 12.3. The van der Waals surface area contributed by atoms with Gasteiger partial charge in [0.2, 0.25) is 0 Å². The van der Waals surface area contributed by atoms with Crippen molar-refractivity contribution >= 4 is 5.97 Å². The predicted molar refractivity (Wildman–Crippen MR) is 134 cm³/mol. The Kier molecular flexibility index (Phi) is 6.24. The second-order valence-electron chi connectivity index (χ2n) is 14.1. The molecule has 0 aromatic carbocycles. The van der Waals surface area contributed by atoms with Crippen LogP contribution in [0.15, 0.2) is 0 Å². The Balaban J connectivity index is 1.37. The summed E-state index contributed by atoms with van der Waals surface area (Å²) in [6, 6.07) is 0. The zero-order chi connectivity index (χ0) is 24.5. The first-order chi connectivity index (χ1) is 16.0. The first kappa shape index (κ1) is 25.1. The summed E-state index contributed by atoms with van der Waals surface area (Å²) in [6.07, 6.45) is 12.6. The number of ether oxygens (including phenoxy) is 2. The molecule has 1 saturated heterocycles. The lowest BCUT2D eigenvalue weighted by molar-refractivity contribution is -0.255. The van der Waals surface area contributed by atoms with Gasteiger partial charge in [-0.3, -0.25) is 4.79 Å². The number of rotatable bonds is 6. The molecule has 194 valence electrons. The molecule has 4 heteroatoms. The van der Waals surface area contributed by atoms with Crippen LogP contribution in [-0.2, 0) is 14.3 Å². The van der Waals surface area contributed by atoms with Gasteiger partial charge in [-0.15, -0.1) is 0 Å². The third-order valence-electron chi connectivity index (χ3n) is 12.1. The van der Waals surface area contributed by atoms with E-state index in [2.05, 4.69) is 34.6 Å². The highest BCUT2D eigenvalue weighted by atomic mass is 16.6. The number of hydrogen-bond donors (Lipinski definition) is 1. The number of epoxide rings is 1. The van der Waals surface area contributed by atoms with Crippen LogP contribution < -0.4 is 0 Å². The summed E-state index contributed by atoms with van der Waals surface area (Å²) in [5, 5.41) is 12.3. The van der Waals surface area contributed by atoms with Gasteiger partial charge in [-0.05, 0) is 85.9 Å². The molecule has 0 bridgehead atoms. The van der Waals surface area contributed by atoms with Crippen molar-refractivity contribution in [3.63, 3.8) is 0 Å². The first-order valence-electron chi connectivity index (χ1n) is 14.5. The fourth-order valence-corrected chi connectivity index (χ4v) is 10.2. The van der Waals surface area contributed by atoms with Crippen molar-refractivity contribution < 1.29 is 19.4 Å². The van der Waals surface area contributed by atoms with Gasteiger partial charge in [-0.2, -0.15) is 0 Å². The van der Waals surface area contributed by atoms with Crippen LogP contribution in [0.25, 0.3) is 0 Å². The molecule has 34 heavy (non-hydrogen) atoms. The minimum Gasteiger partial charge on any atom is -0.462 e. The molecule has 5 fully saturated rings. The van der Waals surface area contributed by atoms with Crippen LogP contribution in [0.5, 0.6) is 0 Å². The molecular weight excluding hydrogens is 424 g/mol. The Morgan fingerprint density at radius 3 is 2.41 bits per heavy atom. The molecule has 10 atom stereocenters. The minimum absolute atomic E-state index is 0.147. The molecule has 0 amide bonds. The Hall–Kier alpha value is -0.610. The van der Waals surface area contributed by atoms with Gasteiger partial charge in [0, 0.05) is 18.8 Å². The molecule has 0 unspecified atom stereocenters. The van der Waals surface area contributed by atoms with E-state index in [1.807, 2.05) is 0 Å². The third kappa shape index (κ3) is 3.63. The lowest BCUT2D eigenvalue weighted by Crippen LogP contribution is -2.70. The Labute approximate surface area is 207 Å². The SMILES string of the molecule is CC(=O)O[C@H]1CC[C@]2(C)[C@H]3CC[C@]4(C)[C@@H]([C@H](C)CCCC(C)C)CC[C@H]4[C@@H]3C[C@]3(CO3)[C@@]2(O)C1. The van der Waals surface area contributed by atoms with Crippen molar-refractivity contribution in [3.8, 4) is 0 Å². The predicted octanol–water partition coefficient (Wildman–Crippen LogP) is 6.53. The van der Waals surface area contributed by atoms with Crippen molar-refractivity contribution in [1.29, 1.82) is 0 Å². The smallest absolute Gasteiger partial charge is 0.302 e. The summed E-state index contributed by atoms with van der Waals surface area (Å²) >= 11 is 0. The molecule has 0 aromatic rings. The van der Waals surface area contributed by atoms with E-state index in [1.54, 1.807) is 0 Å². The Morgan fingerprint density at radius 2 is 1.76 bits per heavy atom. The highest BCUT2D eigenvalue weighted by molar-refractivity contribution is 5.66. The molecule has 4 aliphatic carbocycles. The van der Waals surface area contributed by atoms with Crippen molar-refractivity contribution in [2.45, 2.75) is 129 Å². The van der Waals surface area contributed by atoms with E-state index < -0.39 is 11.2 Å². The van der Waals surface area contributed by atoms with Crippen molar-refractivity contribution in [2.75, 3.05) is 6.61 Å². The van der Waals surface area contributed by atoms with Crippen LogP contribution in [0.1, 0.15) is 112 Å². The Bertz CT molecular complexity index is 789. The molecule has 1 aliphatic heterocycles. The summed E-state index contributed by atoms with van der Waals surface area (Å²) < 4.78 is 11.8. The highest BCUT2D eigenvalue weighted by Crippen LogP contribution is 2.73. The van der Waals surface area contributed by atoms with Crippen molar-refractivity contribution in [1.82, 2.24) is 0 Å². The normalized spacial score (nSPS) is 50.4. The van der Waals surface area contributed by atoms with E-state index in [4.69, 9.17) is 9.47 Å². The fourth-order valence-electron chi connectivity index (χ4n) is 10.2. The average Bonchev–Trinajstić information content (AvgIpc) is 3.44. The molecule has 1 heterocycles.